The number of fused-ring (bicyclic) bond motifs is 1. The van der Waals surface area contributed by atoms with Crippen molar-refractivity contribution in [1.82, 2.24) is 9.99 Å². The number of nitrogens with zero attached hydrogens (tertiary/aromatic N) is 2. The fraction of sp³-hybridized carbons (Fsp3) is 0. The van der Waals surface area contributed by atoms with Gasteiger partial charge in [0, 0.05) is 21.7 Å². The number of furan rings is 1. The Morgan fingerprint density at radius 1 is 1.10 bits per heavy atom. The normalized spacial score (nSPS) is 11.2. The van der Waals surface area contributed by atoms with E-state index in [0.29, 0.717) is 11.3 Å². The van der Waals surface area contributed by atoms with Crippen LogP contribution in [-0.4, -0.2) is 27.8 Å². The van der Waals surface area contributed by atoms with Gasteiger partial charge in [0.15, 0.2) is 5.76 Å². The molecule has 2 aromatic heterocycles. The van der Waals surface area contributed by atoms with Crippen LogP contribution in [0.4, 0.5) is 0 Å². The van der Waals surface area contributed by atoms with Crippen LogP contribution >= 0.6 is 15.9 Å². The fourth-order valence-corrected chi connectivity index (χ4v) is 3.22. The third-order valence-electron chi connectivity index (χ3n) is 4.24. The average Bonchev–Trinajstić information content (AvgIpc) is 3.34. The van der Waals surface area contributed by atoms with Crippen LogP contribution in [0, 0.1) is 0 Å². The van der Waals surface area contributed by atoms with Gasteiger partial charge < -0.3 is 14.1 Å². The number of aromatic carboxylic acids is 1. The van der Waals surface area contributed by atoms with E-state index >= 15 is 0 Å². The lowest BCUT2D eigenvalue weighted by atomic mass is 10.2. The number of carbonyl (C=O) groups excluding carboxylic acids is 1. The van der Waals surface area contributed by atoms with Gasteiger partial charge in [-0.25, -0.2) is 10.2 Å². The van der Waals surface area contributed by atoms with Crippen LogP contribution < -0.4 is 5.43 Å². The molecule has 0 bridgehead atoms. The molecule has 0 spiro atoms. The number of carboxylic acids is 1. The number of carbonyl (C=O) groups is 2. The van der Waals surface area contributed by atoms with Gasteiger partial charge in [0.2, 0.25) is 0 Å². The Morgan fingerprint density at radius 2 is 1.90 bits per heavy atom. The Balaban J connectivity index is 1.49. The molecule has 0 atom stereocenters. The molecule has 0 fully saturated rings. The van der Waals surface area contributed by atoms with E-state index in [1.165, 1.54) is 18.3 Å². The maximum atomic E-state index is 12.3. The first-order valence-electron chi connectivity index (χ1n) is 8.55. The second-order valence-electron chi connectivity index (χ2n) is 6.15. The van der Waals surface area contributed by atoms with E-state index < -0.39 is 11.9 Å². The van der Waals surface area contributed by atoms with Gasteiger partial charge in [0.1, 0.15) is 5.58 Å². The number of benzene rings is 2. The smallest absolute Gasteiger partial charge is 0.335 e. The molecule has 0 aliphatic heterocycles. The van der Waals surface area contributed by atoms with Crippen LogP contribution in [0.5, 0.6) is 0 Å². The zero-order valence-corrected chi connectivity index (χ0v) is 16.5. The number of aromatic nitrogens is 1. The molecule has 29 heavy (non-hydrogen) atoms. The second kappa shape index (κ2) is 7.76. The molecule has 1 amide bonds. The summed E-state index contributed by atoms with van der Waals surface area (Å²) in [6.45, 7) is 0. The molecule has 0 saturated carbocycles. The van der Waals surface area contributed by atoms with Crippen LogP contribution in [0.2, 0.25) is 0 Å². The fourth-order valence-electron chi connectivity index (χ4n) is 2.84. The van der Waals surface area contributed by atoms with Crippen molar-refractivity contribution in [2.45, 2.75) is 0 Å². The summed E-state index contributed by atoms with van der Waals surface area (Å²) < 4.78 is 8.25. The van der Waals surface area contributed by atoms with Gasteiger partial charge in [0.25, 0.3) is 0 Å². The van der Waals surface area contributed by atoms with E-state index in [1.807, 2.05) is 35.0 Å². The Bertz CT molecular complexity index is 1240. The summed E-state index contributed by atoms with van der Waals surface area (Å²) in [4.78, 5) is 23.3. The van der Waals surface area contributed by atoms with Gasteiger partial charge in [-0.15, -0.1) is 0 Å². The molecule has 4 rings (SSSR count). The zero-order valence-electron chi connectivity index (χ0n) is 14.9. The minimum absolute atomic E-state index is 0.162. The van der Waals surface area contributed by atoms with E-state index in [-0.39, 0.29) is 11.3 Å². The van der Waals surface area contributed by atoms with Crippen molar-refractivity contribution >= 4 is 45.0 Å². The SMILES string of the molecule is O=C(O)c1ccc(-n2cccc2C=NNC(=O)c2cc3cc(Br)ccc3o2)cc1. The molecule has 0 aliphatic rings. The highest BCUT2D eigenvalue weighted by molar-refractivity contribution is 9.10. The number of hydrogen-bond acceptors (Lipinski definition) is 4. The maximum absolute atomic E-state index is 12.3. The summed E-state index contributed by atoms with van der Waals surface area (Å²) in [5, 5.41) is 13.8. The molecule has 7 nitrogen and oxygen atoms in total. The van der Waals surface area contributed by atoms with Gasteiger partial charge >= 0.3 is 11.9 Å². The third-order valence-corrected chi connectivity index (χ3v) is 4.73. The van der Waals surface area contributed by atoms with Crippen molar-refractivity contribution in [3.8, 4) is 5.69 Å². The molecule has 2 N–H and O–H groups in total. The van der Waals surface area contributed by atoms with Crippen molar-refractivity contribution in [1.29, 1.82) is 0 Å². The first-order chi connectivity index (χ1) is 14.0. The average molecular weight is 452 g/mol. The first-order valence-corrected chi connectivity index (χ1v) is 9.34. The van der Waals surface area contributed by atoms with Crippen molar-refractivity contribution in [3.05, 3.63) is 88.4 Å². The van der Waals surface area contributed by atoms with Crippen LogP contribution in [0.3, 0.4) is 0 Å². The van der Waals surface area contributed by atoms with E-state index in [1.54, 1.807) is 24.3 Å². The first kappa shape index (κ1) is 18.7. The Kier molecular flexibility index (Phi) is 5.01. The summed E-state index contributed by atoms with van der Waals surface area (Å²) in [6, 6.07) is 17.2. The lowest BCUT2D eigenvalue weighted by molar-refractivity contribution is 0.0696. The van der Waals surface area contributed by atoms with E-state index in [4.69, 9.17) is 9.52 Å². The predicted molar refractivity (Wildman–Crippen MR) is 112 cm³/mol. The van der Waals surface area contributed by atoms with Gasteiger partial charge in [-0.05, 0) is 60.7 Å². The molecule has 8 heteroatoms. The molecule has 0 aliphatic carbocycles. The highest BCUT2D eigenvalue weighted by Crippen LogP contribution is 2.23. The largest absolute Gasteiger partial charge is 0.478 e. The quantitative estimate of drug-likeness (QED) is 0.346. The number of amides is 1. The number of nitrogens with one attached hydrogen (secondary N) is 1. The molecule has 2 heterocycles. The Hall–Kier alpha value is -3.65. The molecular formula is C21H14BrN3O4. The van der Waals surface area contributed by atoms with Crippen molar-refractivity contribution < 1.29 is 19.1 Å². The highest BCUT2D eigenvalue weighted by Gasteiger charge is 2.12. The summed E-state index contributed by atoms with van der Waals surface area (Å²) in [7, 11) is 0. The monoisotopic (exact) mass is 451 g/mol. The van der Waals surface area contributed by atoms with Gasteiger partial charge in [-0.1, -0.05) is 15.9 Å². The number of hydrogen-bond donors (Lipinski definition) is 2. The van der Waals surface area contributed by atoms with E-state index in [0.717, 1.165) is 15.5 Å². The van der Waals surface area contributed by atoms with Crippen LogP contribution in [0.25, 0.3) is 16.7 Å². The van der Waals surface area contributed by atoms with E-state index in [2.05, 4.69) is 26.5 Å². The minimum Gasteiger partial charge on any atom is -0.478 e. The summed E-state index contributed by atoms with van der Waals surface area (Å²) in [5.74, 6) is -1.28. The topological polar surface area (TPSA) is 96.8 Å². The molecule has 2 aromatic carbocycles. The lowest BCUT2D eigenvalue weighted by Crippen LogP contribution is -2.17. The molecule has 0 saturated heterocycles. The molecule has 4 aromatic rings. The number of hydrazone groups is 1. The summed E-state index contributed by atoms with van der Waals surface area (Å²) in [6.07, 6.45) is 3.32. The van der Waals surface area contributed by atoms with Crippen molar-refractivity contribution in [2.75, 3.05) is 0 Å². The molecule has 0 radical (unpaired) electrons. The Labute approximate surface area is 173 Å². The molecular weight excluding hydrogens is 438 g/mol. The van der Waals surface area contributed by atoms with Crippen molar-refractivity contribution in [2.24, 2.45) is 5.10 Å². The van der Waals surface area contributed by atoms with Crippen LogP contribution in [0.15, 0.2) is 80.9 Å². The summed E-state index contributed by atoms with van der Waals surface area (Å²) in [5.41, 5.74) is 4.75. The van der Waals surface area contributed by atoms with Crippen LogP contribution in [-0.2, 0) is 0 Å². The number of carboxylic acid groups (broad SMARTS) is 1. The van der Waals surface area contributed by atoms with Gasteiger partial charge in [-0.2, -0.15) is 5.10 Å². The molecule has 0 unspecified atom stereocenters. The second-order valence-corrected chi connectivity index (χ2v) is 7.06. The minimum atomic E-state index is -0.980. The summed E-state index contributed by atoms with van der Waals surface area (Å²) >= 11 is 3.38. The number of rotatable bonds is 5. The Morgan fingerprint density at radius 3 is 2.66 bits per heavy atom. The standard InChI is InChI=1S/C21H14BrN3O4/c22-15-5-8-18-14(10-15)11-19(29-18)20(26)24-23-12-17-2-1-9-25(17)16-6-3-13(4-7-16)21(27)28/h1-12H,(H,24,26)(H,27,28). The van der Waals surface area contributed by atoms with Gasteiger partial charge in [0.05, 0.1) is 17.5 Å². The zero-order chi connectivity index (χ0) is 20.4. The van der Waals surface area contributed by atoms with Crippen LogP contribution in [0.1, 0.15) is 26.6 Å². The van der Waals surface area contributed by atoms with E-state index in [9.17, 15) is 9.59 Å². The maximum Gasteiger partial charge on any atom is 0.335 e. The predicted octanol–water partition coefficient (Wildman–Crippen LogP) is 4.45. The molecule has 144 valence electrons. The third kappa shape index (κ3) is 3.97. The highest BCUT2D eigenvalue weighted by atomic mass is 79.9. The number of halogens is 1. The lowest BCUT2D eigenvalue weighted by Gasteiger charge is -2.06. The van der Waals surface area contributed by atoms with Crippen molar-refractivity contribution in [3.63, 3.8) is 0 Å². The van der Waals surface area contributed by atoms with Gasteiger partial charge in [-0.3, -0.25) is 4.79 Å².